The number of nitro benzene ring substituents is 1. The van der Waals surface area contributed by atoms with Gasteiger partial charge < -0.3 is 37.9 Å². The van der Waals surface area contributed by atoms with E-state index in [0.717, 1.165) is 0 Å². The number of benzene rings is 3. The second-order valence-corrected chi connectivity index (χ2v) is 9.73. The van der Waals surface area contributed by atoms with Crippen LogP contribution in [0.1, 0.15) is 28.7 Å². The number of ether oxygens (including phenoxy) is 8. The number of carbonyl (C=O) groups is 2. The van der Waals surface area contributed by atoms with Gasteiger partial charge in [0.05, 0.1) is 38.8 Å². The van der Waals surface area contributed by atoms with Crippen molar-refractivity contribution in [2.45, 2.75) is 12.0 Å². The number of non-ortho nitro benzene ring substituents is 1. The first-order valence-corrected chi connectivity index (χ1v) is 12.9. The Morgan fingerprint density at radius 1 is 0.905 bits per heavy atom. The van der Waals surface area contributed by atoms with E-state index in [1.807, 2.05) is 0 Å². The Hall–Kier alpha value is -5.20. The first-order chi connectivity index (χ1) is 20.3. The monoisotopic (exact) mass is 579 g/mol. The normalized spacial score (nSPS) is 21.5. The van der Waals surface area contributed by atoms with Crippen molar-refractivity contribution in [2.24, 2.45) is 11.8 Å². The lowest BCUT2D eigenvalue weighted by atomic mass is 9.66. The average Bonchev–Trinajstić information content (AvgIpc) is 3.61. The summed E-state index contributed by atoms with van der Waals surface area (Å²) in [6, 6.07) is 12.0. The summed E-state index contributed by atoms with van der Waals surface area (Å²) in [5, 5.41) is 11.0. The molecule has 1 aliphatic carbocycles. The van der Waals surface area contributed by atoms with Crippen molar-refractivity contribution in [3.05, 3.63) is 75.3 Å². The van der Waals surface area contributed by atoms with Gasteiger partial charge in [0.1, 0.15) is 11.9 Å². The molecule has 3 aromatic carbocycles. The quantitative estimate of drug-likeness (QED) is 0.167. The van der Waals surface area contributed by atoms with E-state index in [4.69, 9.17) is 37.9 Å². The summed E-state index contributed by atoms with van der Waals surface area (Å²) >= 11 is 0. The van der Waals surface area contributed by atoms with Crippen molar-refractivity contribution < 1.29 is 52.4 Å². The number of carbonyl (C=O) groups excluding carboxylic acids is 2. The fraction of sp³-hybridized carbons (Fsp3) is 0.310. The smallest absolute Gasteiger partial charge is 0.493 e. The third-order valence-corrected chi connectivity index (χ3v) is 7.64. The molecule has 0 amide bonds. The van der Waals surface area contributed by atoms with Gasteiger partial charge in [0, 0.05) is 29.5 Å². The molecule has 0 N–H and O–H groups in total. The maximum absolute atomic E-state index is 13.3. The molecule has 4 atom stereocenters. The molecule has 42 heavy (non-hydrogen) atoms. The minimum Gasteiger partial charge on any atom is -0.493 e. The molecular formula is C29H25NO12. The number of hydrogen-bond donors (Lipinski definition) is 0. The Balaban J connectivity index is 1.42. The number of rotatable bonds is 7. The van der Waals surface area contributed by atoms with Gasteiger partial charge in [0.15, 0.2) is 23.0 Å². The third kappa shape index (κ3) is 4.52. The molecule has 3 aromatic rings. The van der Waals surface area contributed by atoms with Crippen LogP contribution < -0.4 is 28.4 Å². The molecule has 0 bridgehead atoms. The lowest BCUT2D eigenvalue weighted by molar-refractivity contribution is -0.384. The summed E-state index contributed by atoms with van der Waals surface area (Å²) in [5.74, 6) is -0.167. The largest absolute Gasteiger partial charge is 0.514 e. The maximum Gasteiger partial charge on any atom is 0.514 e. The van der Waals surface area contributed by atoms with Crippen LogP contribution >= 0.6 is 0 Å². The number of esters is 1. The van der Waals surface area contributed by atoms with Crippen molar-refractivity contribution in [3.8, 4) is 34.5 Å². The highest BCUT2D eigenvalue weighted by Gasteiger charge is 2.54. The third-order valence-electron chi connectivity index (χ3n) is 7.64. The number of cyclic esters (lactones) is 1. The van der Waals surface area contributed by atoms with Crippen LogP contribution in [0, 0.1) is 22.0 Å². The maximum atomic E-state index is 13.3. The van der Waals surface area contributed by atoms with E-state index in [1.165, 1.54) is 45.6 Å². The molecule has 0 spiro atoms. The second kappa shape index (κ2) is 10.7. The zero-order chi connectivity index (χ0) is 29.5. The van der Waals surface area contributed by atoms with E-state index in [2.05, 4.69) is 0 Å². The van der Waals surface area contributed by atoms with E-state index >= 15 is 0 Å². The van der Waals surface area contributed by atoms with Gasteiger partial charge in [-0.05, 0) is 47.5 Å². The van der Waals surface area contributed by atoms with Crippen molar-refractivity contribution in [1.82, 2.24) is 0 Å². The topological polar surface area (TPSA) is 151 Å². The van der Waals surface area contributed by atoms with Crippen molar-refractivity contribution in [2.75, 3.05) is 34.7 Å². The molecule has 2 heterocycles. The van der Waals surface area contributed by atoms with Crippen LogP contribution in [-0.2, 0) is 14.3 Å². The van der Waals surface area contributed by atoms with E-state index in [9.17, 15) is 19.7 Å². The van der Waals surface area contributed by atoms with Crippen LogP contribution in [0.2, 0.25) is 0 Å². The Bertz CT molecular complexity index is 1540. The Morgan fingerprint density at radius 3 is 2.14 bits per heavy atom. The van der Waals surface area contributed by atoms with Gasteiger partial charge >= 0.3 is 12.1 Å². The molecule has 0 aromatic heterocycles. The number of methoxy groups -OCH3 is 3. The van der Waals surface area contributed by atoms with Crippen LogP contribution in [0.4, 0.5) is 10.5 Å². The summed E-state index contributed by atoms with van der Waals surface area (Å²) in [6.07, 6.45) is -2.00. The zero-order valence-corrected chi connectivity index (χ0v) is 22.7. The van der Waals surface area contributed by atoms with E-state index < -0.39 is 40.9 Å². The van der Waals surface area contributed by atoms with Crippen LogP contribution in [0.25, 0.3) is 0 Å². The predicted octanol–water partition coefficient (Wildman–Crippen LogP) is 4.54. The highest BCUT2D eigenvalue weighted by Crippen LogP contribution is 2.56. The molecule has 1 saturated heterocycles. The molecule has 3 aliphatic rings. The Labute approximate surface area is 238 Å². The van der Waals surface area contributed by atoms with Gasteiger partial charge in [-0.15, -0.1) is 0 Å². The number of nitro groups is 1. The average molecular weight is 580 g/mol. The SMILES string of the molecule is COc1cc([C@@H]2c3cc4c(cc3[C@@H](OC(=O)Oc3ccc([N+](=O)[O-])cc3)[C@H]3COC(=O)[C@H]23)OCO4)cc(OC)c1OC. The fourth-order valence-corrected chi connectivity index (χ4v) is 5.80. The first-order valence-electron chi connectivity index (χ1n) is 12.9. The Kier molecular flexibility index (Phi) is 6.85. The molecule has 218 valence electrons. The molecule has 1 fully saturated rings. The summed E-state index contributed by atoms with van der Waals surface area (Å²) in [4.78, 5) is 36.7. The molecule has 13 heteroatoms. The fourth-order valence-electron chi connectivity index (χ4n) is 5.80. The summed E-state index contributed by atoms with van der Waals surface area (Å²) in [5.41, 5.74) is 1.76. The van der Waals surface area contributed by atoms with Crippen LogP contribution in [0.15, 0.2) is 48.5 Å². The van der Waals surface area contributed by atoms with Crippen molar-refractivity contribution in [1.29, 1.82) is 0 Å². The van der Waals surface area contributed by atoms with E-state index in [-0.39, 0.29) is 24.8 Å². The number of fused-ring (bicyclic) bond motifs is 3. The molecule has 0 radical (unpaired) electrons. The van der Waals surface area contributed by atoms with Gasteiger partial charge in [-0.1, -0.05) is 0 Å². The first kappa shape index (κ1) is 27.0. The molecular weight excluding hydrogens is 554 g/mol. The van der Waals surface area contributed by atoms with Gasteiger partial charge in [-0.3, -0.25) is 14.9 Å². The van der Waals surface area contributed by atoms with Crippen LogP contribution in [0.5, 0.6) is 34.5 Å². The van der Waals surface area contributed by atoms with Crippen molar-refractivity contribution in [3.63, 3.8) is 0 Å². The summed E-state index contributed by atoms with van der Waals surface area (Å²) in [7, 11) is 4.50. The highest BCUT2D eigenvalue weighted by molar-refractivity contribution is 5.79. The lowest BCUT2D eigenvalue weighted by Crippen LogP contribution is -2.37. The highest BCUT2D eigenvalue weighted by atomic mass is 16.7. The molecule has 0 saturated carbocycles. The van der Waals surface area contributed by atoms with Gasteiger partial charge in [0.25, 0.3) is 5.69 Å². The Morgan fingerprint density at radius 2 is 1.55 bits per heavy atom. The number of nitrogens with zero attached hydrogens (tertiary/aromatic N) is 1. The molecule has 0 unspecified atom stereocenters. The molecule has 6 rings (SSSR count). The zero-order valence-electron chi connectivity index (χ0n) is 22.7. The van der Waals surface area contributed by atoms with Gasteiger partial charge in [0.2, 0.25) is 12.5 Å². The van der Waals surface area contributed by atoms with Crippen LogP contribution in [0.3, 0.4) is 0 Å². The number of hydrogen-bond acceptors (Lipinski definition) is 12. The lowest BCUT2D eigenvalue weighted by Gasteiger charge is -2.38. The van der Waals surface area contributed by atoms with E-state index in [0.29, 0.717) is 45.4 Å². The van der Waals surface area contributed by atoms with Crippen molar-refractivity contribution >= 4 is 17.8 Å². The summed E-state index contributed by atoms with van der Waals surface area (Å²) < 4.78 is 44.6. The molecule has 13 nitrogen and oxygen atoms in total. The minimum atomic E-state index is -1.05. The predicted molar refractivity (Wildman–Crippen MR) is 141 cm³/mol. The summed E-state index contributed by atoms with van der Waals surface area (Å²) in [6.45, 7) is 0.00344. The second-order valence-electron chi connectivity index (χ2n) is 9.73. The van der Waals surface area contributed by atoms with E-state index in [1.54, 1.807) is 24.3 Å². The minimum absolute atomic E-state index is 0.00617. The molecule has 2 aliphatic heterocycles. The van der Waals surface area contributed by atoms with Crippen LogP contribution in [-0.4, -0.2) is 51.8 Å². The van der Waals surface area contributed by atoms with Gasteiger partial charge in [-0.2, -0.15) is 0 Å². The standard InChI is InChI=1S/C29H25NO12/c1-35-22-8-14(9-23(36-2)27(22)37-3)24-17-10-20-21(40-13-39-20)11-18(17)26(19-12-38-28(31)25(19)24)42-29(32)41-16-6-4-15(5-7-16)30(33)34/h4-11,19,24-26H,12-13H2,1-3H3/t19-,24+,25-,26+/m0/s1. The van der Waals surface area contributed by atoms with Gasteiger partial charge in [-0.25, -0.2) is 4.79 Å².